The molecule has 1 heterocycles. The normalized spacial score (nSPS) is 24.4. The van der Waals surface area contributed by atoms with Gasteiger partial charge in [0, 0.05) is 10.0 Å². The molecule has 3 aliphatic rings. The number of imide groups is 1. The van der Waals surface area contributed by atoms with Gasteiger partial charge in [-0.2, -0.15) is 13.2 Å². The monoisotopic (exact) mass is 727 g/mol. The van der Waals surface area contributed by atoms with Crippen molar-refractivity contribution in [3.63, 3.8) is 0 Å². The summed E-state index contributed by atoms with van der Waals surface area (Å²) < 4.78 is 42.0. The number of halogens is 6. The van der Waals surface area contributed by atoms with Gasteiger partial charge >= 0.3 is 6.18 Å². The van der Waals surface area contributed by atoms with E-state index < -0.39 is 57.7 Å². The highest BCUT2D eigenvalue weighted by atomic mass is 35.5. The third-order valence-electron chi connectivity index (χ3n) is 10.2. The molecule has 2 amide bonds. The first-order valence-corrected chi connectivity index (χ1v) is 16.7. The van der Waals surface area contributed by atoms with Gasteiger partial charge in [-0.05, 0) is 75.9 Å². The fourth-order valence-electron chi connectivity index (χ4n) is 8.46. The highest BCUT2D eigenvalue weighted by molar-refractivity contribution is 6.41. The fourth-order valence-corrected chi connectivity index (χ4v) is 8.91. The molecule has 0 N–H and O–H groups in total. The second-order valence-corrected chi connectivity index (χ2v) is 13.9. The van der Waals surface area contributed by atoms with Crippen LogP contribution in [-0.4, -0.2) is 17.6 Å². The Morgan fingerprint density at radius 1 is 0.560 bits per heavy atom. The molecule has 1 saturated heterocycles. The van der Waals surface area contributed by atoms with E-state index in [9.17, 15) is 13.2 Å². The summed E-state index contributed by atoms with van der Waals surface area (Å²) in [4.78, 5) is 46.9. The van der Waals surface area contributed by atoms with Crippen molar-refractivity contribution in [1.29, 1.82) is 0 Å². The number of benzene rings is 5. The van der Waals surface area contributed by atoms with Crippen molar-refractivity contribution in [2.75, 3.05) is 4.90 Å². The van der Waals surface area contributed by atoms with E-state index in [-0.39, 0.29) is 5.02 Å². The number of nitrogens with zero attached hydrogens (tertiary/aromatic N) is 1. The molecular weight excluding hydrogens is 706 g/mol. The van der Waals surface area contributed by atoms with Crippen LogP contribution in [0.3, 0.4) is 0 Å². The van der Waals surface area contributed by atoms with Crippen molar-refractivity contribution >= 4 is 69.2 Å². The molecule has 1 saturated carbocycles. The van der Waals surface area contributed by atoms with Crippen LogP contribution in [0.25, 0.3) is 11.1 Å². The van der Waals surface area contributed by atoms with Crippen LogP contribution in [0, 0.1) is 11.8 Å². The van der Waals surface area contributed by atoms with E-state index in [1.165, 1.54) is 0 Å². The number of carbonyl (C=O) groups excluding carboxylic acids is 3. The number of Topliss-reactive ketones (excluding diaryl/α,β-unsaturated/α-hetero) is 1. The maximum absolute atomic E-state index is 15.9. The van der Waals surface area contributed by atoms with Crippen molar-refractivity contribution in [3.05, 3.63) is 170 Å². The Hall–Kier alpha value is -4.69. The highest BCUT2D eigenvalue weighted by Gasteiger charge is 2.82. The minimum absolute atomic E-state index is 0.223. The van der Waals surface area contributed by atoms with Crippen molar-refractivity contribution in [2.24, 2.45) is 11.8 Å². The first-order chi connectivity index (χ1) is 23.9. The molecule has 4 nitrogen and oxygen atoms in total. The summed E-state index contributed by atoms with van der Waals surface area (Å²) in [5, 5.41) is 0.543. The zero-order valence-corrected chi connectivity index (χ0v) is 28.0. The number of hydrogen-bond donors (Lipinski definition) is 0. The maximum Gasteiger partial charge on any atom is 0.416 e. The molecule has 10 heteroatoms. The van der Waals surface area contributed by atoms with Crippen LogP contribution in [0.2, 0.25) is 15.1 Å². The molecule has 5 aromatic carbocycles. The van der Waals surface area contributed by atoms with E-state index in [0.717, 1.165) is 17.0 Å². The van der Waals surface area contributed by atoms with Crippen LogP contribution < -0.4 is 4.90 Å². The molecule has 4 atom stereocenters. The van der Waals surface area contributed by atoms with Gasteiger partial charge in [-0.3, -0.25) is 14.4 Å². The molecule has 248 valence electrons. The van der Waals surface area contributed by atoms with Crippen LogP contribution in [-0.2, 0) is 31.4 Å². The van der Waals surface area contributed by atoms with Crippen molar-refractivity contribution in [2.45, 2.75) is 17.0 Å². The van der Waals surface area contributed by atoms with E-state index in [1.54, 1.807) is 48.5 Å². The fraction of sp³-hybridized carbons (Fsp3) is 0.125. The van der Waals surface area contributed by atoms with Gasteiger partial charge in [0.2, 0.25) is 11.8 Å². The number of allylic oxidation sites excluding steroid dienone is 2. The van der Waals surface area contributed by atoms with Gasteiger partial charge in [-0.1, -0.05) is 120 Å². The van der Waals surface area contributed by atoms with Crippen LogP contribution in [0.1, 0.15) is 27.8 Å². The third kappa shape index (κ3) is 4.30. The zero-order chi connectivity index (χ0) is 35.2. The summed E-state index contributed by atoms with van der Waals surface area (Å²) in [6, 6.07) is 34.0. The first-order valence-electron chi connectivity index (χ1n) is 15.6. The number of anilines is 1. The predicted octanol–water partition coefficient (Wildman–Crippen LogP) is 9.85. The number of hydrogen-bond acceptors (Lipinski definition) is 3. The van der Waals surface area contributed by atoms with Crippen molar-refractivity contribution < 1.29 is 27.6 Å². The number of fused-ring (bicyclic) bond motifs is 5. The zero-order valence-electron chi connectivity index (χ0n) is 25.7. The van der Waals surface area contributed by atoms with E-state index in [4.69, 9.17) is 34.8 Å². The topological polar surface area (TPSA) is 54.5 Å². The van der Waals surface area contributed by atoms with Gasteiger partial charge in [0.25, 0.3) is 0 Å². The molecular formula is C40H23Cl3F3NO3. The van der Waals surface area contributed by atoms with E-state index in [0.29, 0.717) is 49.5 Å². The SMILES string of the molecule is O=C1[C@@H]2[C@H](C(=O)N1c1cc(C(F)(F)F)ccc1Cl)[C@@]1(c3ccc(Cl)cc3)C(=O)[C@@]2(c2ccc(Cl)cc2)C(c2ccccc2)=C1c1ccccc1. The Kier molecular flexibility index (Phi) is 7.43. The second-order valence-electron chi connectivity index (χ2n) is 12.6. The van der Waals surface area contributed by atoms with Crippen LogP contribution in [0.5, 0.6) is 0 Å². The number of rotatable bonds is 5. The summed E-state index contributed by atoms with van der Waals surface area (Å²) in [6.45, 7) is 0. The van der Waals surface area contributed by atoms with E-state index >= 15 is 14.4 Å². The van der Waals surface area contributed by atoms with Crippen LogP contribution in [0.4, 0.5) is 18.9 Å². The molecule has 2 bridgehead atoms. The van der Waals surface area contributed by atoms with E-state index in [1.807, 2.05) is 60.7 Å². The third-order valence-corrected chi connectivity index (χ3v) is 11.1. The molecule has 50 heavy (non-hydrogen) atoms. The van der Waals surface area contributed by atoms with Crippen molar-refractivity contribution in [3.8, 4) is 0 Å². The lowest BCUT2D eigenvalue weighted by atomic mass is 9.59. The molecule has 8 rings (SSSR count). The van der Waals surface area contributed by atoms with Gasteiger partial charge in [-0.25, -0.2) is 4.90 Å². The van der Waals surface area contributed by atoms with Gasteiger partial charge < -0.3 is 0 Å². The molecule has 0 unspecified atom stereocenters. The summed E-state index contributed by atoms with van der Waals surface area (Å²) in [5.41, 5.74) is -1.90. The summed E-state index contributed by atoms with van der Waals surface area (Å²) in [5.74, 6) is -4.80. The minimum atomic E-state index is -4.78. The number of amides is 2. The minimum Gasteiger partial charge on any atom is -0.297 e. The smallest absolute Gasteiger partial charge is 0.297 e. The summed E-state index contributed by atoms with van der Waals surface area (Å²) >= 11 is 19.2. The lowest BCUT2D eigenvalue weighted by molar-refractivity contribution is -0.137. The number of ketones is 1. The number of carbonyl (C=O) groups is 3. The van der Waals surface area contributed by atoms with Gasteiger partial charge in [0.05, 0.1) is 38.9 Å². The lowest BCUT2D eigenvalue weighted by Gasteiger charge is -2.39. The van der Waals surface area contributed by atoms with Crippen molar-refractivity contribution in [1.82, 2.24) is 0 Å². The molecule has 0 aromatic heterocycles. The lowest BCUT2D eigenvalue weighted by Crippen LogP contribution is -2.45. The largest absolute Gasteiger partial charge is 0.416 e. The van der Waals surface area contributed by atoms with Crippen LogP contribution in [0.15, 0.2) is 127 Å². The van der Waals surface area contributed by atoms with Gasteiger partial charge in [0.15, 0.2) is 5.78 Å². The predicted molar refractivity (Wildman–Crippen MR) is 187 cm³/mol. The van der Waals surface area contributed by atoms with Crippen LogP contribution >= 0.6 is 34.8 Å². The Bertz CT molecular complexity index is 2130. The molecule has 2 aliphatic carbocycles. The highest BCUT2D eigenvalue weighted by Crippen LogP contribution is 2.74. The Balaban J connectivity index is 1.53. The molecule has 0 spiro atoms. The quantitative estimate of drug-likeness (QED) is 0.169. The average Bonchev–Trinajstić information content (AvgIpc) is 3.61. The van der Waals surface area contributed by atoms with Gasteiger partial charge in [0.1, 0.15) is 0 Å². The summed E-state index contributed by atoms with van der Waals surface area (Å²) in [6.07, 6.45) is -4.78. The summed E-state index contributed by atoms with van der Waals surface area (Å²) in [7, 11) is 0. The van der Waals surface area contributed by atoms with E-state index in [2.05, 4.69) is 0 Å². The Morgan fingerprint density at radius 3 is 1.38 bits per heavy atom. The standard InChI is InChI=1S/C40H23Cl3F3NO3/c41-27-16-11-24(12-17-27)38-31(22-7-3-1-4-8-22)32(23-9-5-2-6-10-23)39(37(38)50,25-13-18-28(42)19-14-25)34-33(38)35(48)47(36(34)49)30-21-26(40(44,45)46)15-20-29(30)43/h1-21,33-34H/t33-,34+,38-,39-/m0/s1. The Labute approximate surface area is 299 Å². The molecule has 5 aromatic rings. The number of alkyl halides is 3. The average molecular weight is 729 g/mol. The Morgan fingerprint density at radius 2 is 0.980 bits per heavy atom. The first kappa shape index (κ1) is 32.5. The second kappa shape index (κ2) is 11.4. The maximum atomic E-state index is 15.9. The molecule has 0 radical (unpaired) electrons. The molecule has 1 aliphatic heterocycles. The molecule has 2 fully saturated rings. The van der Waals surface area contributed by atoms with Gasteiger partial charge in [-0.15, -0.1) is 0 Å².